The van der Waals surface area contributed by atoms with Crippen molar-refractivity contribution < 1.29 is 40.0 Å². The molecule has 6 nitrogen and oxygen atoms in total. The first-order valence-corrected chi connectivity index (χ1v) is 10.4. The highest BCUT2D eigenvalue weighted by atomic mass is 35.5. The molecule has 1 heterocycles. The molecule has 30 heavy (non-hydrogen) atoms. The minimum absolute atomic E-state index is 0.111. The van der Waals surface area contributed by atoms with E-state index in [1.54, 1.807) is 13.8 Å². The van der Waals surface area contributed by atoms with E-state index in [4.69, 9.17) is 32.7 Å². The molecule has 0 spiro atoms. The minimum Gasteiger partial charge on any atom is -0.453 e. The lowest BCUT2D eigenvalue weighted by Gasteiger charge is -2.25. The van der Waals surface area contributed by atoms with Gasteiger partial charge in [0.05, 0.1) is 21.0 Å². The second-order valence-corrected chi connectivity index (χ2v) is 9.20. The van der Waals surface area contributed by atoms with E-state index in [9.17, 15) is 26.4 Å². The number of hydrogen-bond donors (Lipinski definition) is 0. The monoisotopic (exact) mass is 484 g/mol. The van der Waals surface area contributed by atoms with Crippen molar-refractivity contribution in [2.75, 3.05) is 0 Å². The molecule has 3 rings (SSSR count). The maximum atomic E-state index is 12.6. The molecule has 1 atom stereocenters. The van der Waals surface area contributed by atoms with Gasteiger partial charge in [0.1, 0.15) is 11.5 Å². The molecule has 0 aromatic heterocycles. The number of carbonyl (C=O) groups is 1. The first-order valence-electron chi connectivity index (χ1n) is 8.20. The Balaban J connectivity index is 1.83. The summed E-state index contributed by atoms with van der Waals surface area (Å²) in [6.07, 6.45) is -1.15. The van der Waals surface area contributed by atoms with Crippen LogP contribution in [0, 0.1) is 0 Å². The van der Waals surface area contributed by atoms with Crippen LogP contribution in [-0.2, 0) is 20.3 Å². The van der Waals surface area contributed by atoms with Crippen molar-refractivity contribution in [1.29, 1.82) is 0 Å². The second kappa shape index (κ2) is 7.51. The fourth-order valence-electron chi connectivity index (χ4n) is 2.69. The van der Waals surface area contributed by atoms with Gasteiger partial charge in [0.15, 0.2) is 0 Å². The molecule has 0 radical (unpaired) electrons. The van der Waals surface area contributed by atoms with E-state index in [0.29, 0.717) is 5.56 Å². The normalized spacial score (nSPS) is 17.8. The number of halogens is 5. The van der Waals surface area contributed by atoms with Gasteiger partial charge in [0.2, 0.25) is 0 Å². The predicted octanol–water partition coefficient (Wildman–Crippen LogP) is 5.07. The largest absolute Gasteiger partial charge is 0.534 e. The third-order valence-electron chi connectivity index (χ3n) is 4.33. The molecule has 0 bridgehead atoms. The molecule has 1 aliphatic heterocycles. The highest BCUT2D eigenvalue weighted by Crippen LogP contribution is 2.45. The number of fused-ring (bicyclic) bond motifs is 1. The van der Waals surface area contributed by atoms with Crippen LogP contribution in [0.2, 0.25) is 10.0 Å². The Hall–Kier alpha value is -2.17. The van der Waals surface area contributed by atoms with Gasteiger partial charge in [-0.2, -0.15) is 21.6 Å². The summed E-state index contributed by atoms with van der Waals surface area (Å²) in [4.78, 5) is 12.4. The molecule has 0 N–H and O–H groups in total. The smallest absolute Gasteiger partial charge is 0.453 e. The van der Waals surface area contributed by atoms with Gasteiger partial charge < -0.3 is 13.7 Å². The summed E-state index contributed by atoms with van der Waals surface area (Å²) in [5.41, 5.74) is -6.21. The fraction of sp³-hybridized carbons (Fsp3) is 0.278. The Bertz CT molecular complexity index is 1120. The lowest BCUT2D eigenvalue weighted by Crippen LogP contribution is -2.36. The van der Waals surface area contributed by atoms with Crippen molar-refractivity contribution in [3.63, 3.8) is 0 Å². The quantitative estimate of drug-likeness (QED) is 0.342. The number of ether oxygens (including phenoxy) is 2. The first-order chi connectivity index (χ1) is 13.7. The van der Waals surface area contributed by atoms with Crippen LogP contribution in [0.25, 0.3) is 0 Å². The molecule has 1 aliphatic rings. The molecular weight excluding hydrogens is 472 g/mol. The van der Waals surface area contributed by atoms with Gasteiger partial charge in [-0.3, -0.25) is 0 Å². The third kappa shape index (κ3) is 4.17. The van der Waals surface area contributed by atoms with Crippen LogP contribution in [0.3, 0.4) is 0 Å². The van der Waals surface area contributed by atoms with Crippen molar-refractivity contribution >= 4 is 39.3 Å². The van der Waals surface area contributed by atoms with Crippen LogP contribution in [0.4, 0.5) is 13.2 Å². The zero-order chi connectivity index (χ0) is 22.5. The summed E-state index contributed by atoms with van der Waals surface area (Å²) >= 11 is 11.7. The number of carbonyl (C=O) groups excluding carboxylic acids is 1. The SMILES string of the molecule is CC1(C)c2cc(OS(=O)(=O)C(F)(F)F)ccc2OC1OC(=O)c1ccc(Cl)c(Cl)c1. The van der Waals surface area contributed by atoms with Gasteiger partial charge in [-0.05, 0) is 50.2 Å². The Morgan fingerprint density at radius 3 is 2.37 bits per heavy atom. The van der Waals surface area contributed by atoms with Gasteiger partial charge in [-0.1, -0.05) is 23.2 Å². The lowest BCUT2D eigenvalue weighted by molar-refractivity contribution is -0.0684. The van der Waals surface area contributed by atoms with Crippen LogP contribution >= 0.6 is 23.2 Å². The molecule has 2 aromatic rings. The molecule has 0 saturated heterocycles. The summed E-state index contributed by atoms with van der Waals surface area (Å²) in [6, 6.07) is 7.45. The average Bonchev–Trinajstić information content (AvgIpc) is 2.86. The van der Waals surface area contributed by atoms with E-state index < -0.39 is 39.1 Å². The van der Waals surface area contributed by atoms with Gasteiger partial charge in [0.25, 0.3) is 6.29 Å². The summed E-state index contributed by atoms with van der Waals surface area (Å²) < 4.78 is 75.2. The van der Waals surface area contributed by atoms with E-state index in [2.05, 4.69) is 4.18 Å². The Labute approximate surface area is 179 Å². The molecule has 162 valence electrons. The van der Waals surface area contributed by atoms with Crippen LogP contribution in [0.5, 0.6) is 11.5 Å². The molecule has 0 saturated carbocycles. The molecule has 12 heteroatoms. The second-order valence-electron chi connectivity index (χ2n) is 6.85. The number of alkyl halides is 3. The summed E-state index contributed by atoms with van der Waals surface area (Å²) in [7, 11) is -5.83. The predicted molar refractivity (Wildman–Crippen MR) is 101 cm³/mol. The van der Waals surface area contributed by atoms with Crippen molar-refractivity contribution in [3.05, 3.63) is 57.6 Å². The highest BCUT2D eigenvalue weighted by Gasteiger charge is 2.49. The molecule has 1 unspecified atom stereocenters. The van der Waals surface area contributed by atoms with Crippen molar-refractivity contribution in [2.24, 2.45) is 0 Å². The molecule has 0 aliphatic carbocycles. The Morgan fingerprint density at radius 2 is 1.77 bits per heavy atom. The van der Waals surface area contributed by atoms with Gasteiger partial charge in [0, 0.05) is 5.56 Å². The molecular formula is C18H13Cl2F3O6S. The number of hydrogen-bond acceptors (Lipinski definition) is 6. The summed E-state index contributed by atoms with van der Waals surface area (Å²) in [5.74, 6) is -1.13. The number of esters is 1. The number of rotatable bonds is 4. The maximum Gasteiger partial charge on any atom is 0.534 e. The van der Waals surface area contributed by atoms with Crippen LogP contribution in [0.1, 0.15) is 29.8 Å². The third-order valence-corrected chi connectivity index (χ3v) is 6.05. The molecule has 0 fully saturated rings. The lowest BCUT2D eigenvalue weighted by atomic mass is 9.85. The summed E-state index contributed by atoms with van der Waals surface area (Å²) in [6.45, 7) is 3.21. The fourth-order valence-corrected chi connectivity index (χ4v) is 3.44. The van der Waals surface area contributed by atoms with Crippen LogP contribution in [-0.4, -0.2) is 26.2 Å². The van der Waals surface area contributed by atoms with Gasteiger partial charge >= 0.3 is 21.6 Å². The van der Waals surface area contributed by atoms with Gasteiger partial charge in [-0.15, -0.1) is 0 Å². The standard InChI is InChI=1S/C18H13Cl2F3O6S/c1-17(2)11-8-10(29-30(25,26)18(21,22)23)4-6-14(11)27-16(17)28-15(24)9-3-5-12(19)13(20)7-9/h3-8,16H,1-2H3. The Kier molecular flexibility index (Phi) is 5.63. The minimum atomic E-state index is -5.83. The van der Waals surface area contributed by atoms with E-state index in [1.165, 1.54) is 24.3 Å². The zero-order valence-corrected chi connectivity index (χ0v) is 17.6. The average molecular weight is 485 g/mol. The van der Waals surface area contributed by atoms with E-state index in [0.717, 1.165) is 12.1 Å². The Morgan fingerprint density at radius 1 is 1.10 bits per heavy atom. The summed E-state index contributed by atoms with van der Waals surface area (Å²) in [5, 5.41) is 0.396. The van der Waals surface area contributed by atoms with Crippen molar-refractivity contribution in [1.82, 2.24) is 0 Å². The van der Waals surface area contributed by atoms with E-state index >= 15 is 0 Å². The van der Waals surface area contributed by atoms with E-state index in [1.807, 2.05) is 0 Å². The number of benzene rings is 2. The van der Waals surface area contributed by atoms with Crippen LogP contribution in [0.15, 0.2) is 36.4 Å². The first kappa shape index (κ1) is 22.5. The van der Waals surface area contributed by atoms with Crippen molar-refractivity contribution in [3.8, 4) is 11.5 Å². The topological polar surface area (TPSA) is 78.9 Å². The van der Waals surface area contributed by atoms with Crippen LogP contribution < -0.4 is 8.92 Å². The van der Waals surface area contributed by atoms with E-state index in [-0.39, 0.29) is 21.4 Å². The van der Waals surface area contributed by atoms with Gasteiger partial charge in [-0.25, -0.2) is 4.79 Å². The highest BCUT2D eigenvalue weighted by molar-refractivity contribution is 7.88. The maximum absolute atomic E-state index is 12.6. The molecule has 0 amide bonds. The zero-order valence-electron chi connectivity index (χ0n) is 15.3. The molecule has 2 aromatic carbocycles. The van der Waals surface area contributed by atoms with Crippen molar-refractivity contribution in [2.45, 2.75) is 31.1 Å².